The van der Waals surface area contributed by atoms with Crippen LogP contribution >= 0.6 is 24.0 Å². The number of halogens is 1. The van der Waals surface area contributed by atoms with Crippen LogP contribution < -0.4 is 15.4 Å². The van der Waals surface area contributed by atoms with Gasteiger partial charge in [-0.05, 0) is 38.5 Å². The SMILES string of the molecule is CCNC(=NCC(C)(C)c1ccc(OC)cc1)NC(C)C.I. The lowest BCUT2D eigenvalue weighted by molar-refractivity contribution is 0.414. The molecule has 1 aromatic carbocycles. The molecular formula is C17H30IN3O. The van der Waals surface area contributed by atoms with Crippen LogP contribution in [0.3, 0.4) is 0 Å². The third-order valence-electron chi connectivity index (χ3n) is 3.27. The van der Waals surface area contributed by atoms with Crippen molar-refractivity contribution in [3.8, 4) is 5.75 Å². The molecule has 0 saturated heterocycles. The molecule has 0 radical (unpaired) electrons. The number of guanidine groups is 1. The van der Waals surface area contributed by atoms with Crippen molar-refractivity contribution in [2.24, 2.45) is 4.99 Å². The number of nitrogens with zero attached hydrogens (tertiary/aromatic N) is 1. The first-order valence-electron chi connectivity index (χ1n) is 7.58. The summed E-state index contributed by atoms with van der Waals surface area (Å²) >= 11 is 0. The lowest BCUT2D eigenvalue weighted by Gasteiger charge is -2.24. The molecule has 1 rings (SSSR count). The number of hydrogen-bond acceptors (Lipinski definition) is 2. The maximum absolute atomic E-state index is 5.21. The van der Waals surface area contributed by atoms with Gasteiger partial charge in [-0.15, -0.1) is 24.0 Å². The number of benzene rings is 1. The van der Waals surface area contributed by atoms with Gasteiger partial charge < -0.3 is 15.4 Å². The van der Waals surface area contributed by atoms with Gasteiger partial charge in [-0.1, -0.05) is 26.0 Å². The highest BCUT2D eigenvalue weighted by atomic mass is 127. The van der Waals surface area contributed by atoms with E-state index in [2.05, 4.69) is 57.4 Å². The molecule has 0 unspecified atom stereocenters. The van der Waals surface area contributed by atoms with Crippen LogP contribution in [0.4, 0.5) is 0 Å². The largest absolute Gasteiger partial charge is 0.497 e. The minimum absolute atomic E-state index is 0. The van der Waals surface area contributed by atoms with E-state index >= 15 is 0 Å². The van der Waals surface area contributed by atoms with E-state index < -0.39 is 0 Å². The Bertz CT molecular complexity index is 455. The first-order chi connectivity index (χ1) is 9.89. The zero-order chi connectivity index (χ0) is 15.9. The molecule has 5 heteroatoms. The van der Waals surface area contributed by atoms with Gasteiger partial charge in [0.25, 0.3) is 0 Å². The van der Waals surface area contributed by atoms with Gasteiger partial charge in [-0.2, -0.15) is 0 Å². The molecule has 0 aliphatic carbocycles. The molecule has 22 heavy (non-hydrogen) atoms. The normalized spacial score (nSPS) is 11.9. The molecule has 0 amide bonds. The Hall–Kier alpha value is -0.980. The molecule has 0 aromatic heterocycles. The average Bonchev–Trinajstić information content (AvgIpc) is 2.45. The molecule has 0 saturated carbocycles. The van der Waals surface area contributed by atoms with Crippen molar-refractivity contribution in [3.63, 3.8) is 0 Å². The Morgan fingerprint density at radius 3 is 2.27 bits per heavy atom. The Kier molecular flexibility index (Phi) is 9.48. The maximum atomic E-state index is 5.21. The van der Waals surface area contributed by atoms with Gasteiger partial charge in [0.05, 0.1) is 13.7 Å². The van der Waals surface area contributed by atoms with Gasteiger partial charge >= 0.3 is 0 Å². The van der Waals surface area contributed by atoms with Crippen LogP contribution in [0.1, 0.15) is 40.2 Å². The number of ether oxygens (including phenoxy) is 1. The van der Waals surface area contributed by atoms with Crippen LogP contribution in [-0.2, 0) is 5.41 Å². The topological polar surface area (TPSA) is 45.7 Å². The van der Waals surface area contributed by atoms with Crippen LogP contribution in [0.15, 0.2) is 29.3 Å². The fourth-order valence-corrected chi connectivity index (χ4v) is 2.00. The van der Waals surface area contributed by atoms with E-state index in [0.29, 0.717) is 6.04 Å². The standard InChI is InChI=1S/C17H29N3O.HI/c1-7-18-16(20-13(2)3)19-12-17(4,5)14-8-10-15(21-6)11-9-14;/h8-11,13H,7,12H2,1-6H3,(H2,18,19,20);1H. The van der Waals surface area contributed by atoms with E-state index in [1.54, 1.807) is 7.11 Å². The van der Waals surface area contributed by atoms with Gasteiger partial charge in [-0.3, -0.25) is 4.99 Å². The monoisotopic (exact) mass is 419 g/mol. The molecule has 0 aliphatic rings. The van der Waals surface area contributed by atoms with Crippen molar-refractivity contribution < 1.29 is 4.74 Å². The van der Waals surface area contributed by atoms with Crippen LogP contribution in [0.2, 0.25) is 0 Å². The zero-order valence-electron chi connectivity index (χ0n) is 14.6. The van der Waals surface area contributed by atoms with Gasteiger partial charge in [0.15, 0.2) is 5.96 Å². The molecular weight excluding hydrogens is 389 g/mol. The summed E-state index contributed by atoms with van der Waals surface area (Å²) in [7, 11) is 1.69. The summed E-state index contributed by atoms with van der Waals surface area (Å²) in [6.45, 7) is 12.3. The van der Waals surface area contributed by atoms with Gasteiger partial charge in [0.2, 0.25) is 0 Å². The summed E-state index contributed by atoms with van der Waals surface area (Å²) in [4.78, 5) is 4.71. The first-order valence-corrected chi connectivity index (χ1v) is 7.58. The van der Waals surface area contributed by atoms with Crippen LogP contribution in [-0.4, -0.2) is 32.2 Å². The minimum Gasteiger partial charge on any atom is -0.497 e. The molecule has 0 bridgehead atoms. The zero-order valence-corrected chi connectivity index (χ0v) is 16.9. The predicted molar refractivity (Wildman–Crippen MR) is 106 cm³/mol. The second-order valence-electron chi connectivity index (χ2n) is 6.11. The molecule has 0 atom stereocenters. The van der Waals surface area contributed by atoms with Crippen molar-refractivity contribution in [2.45, 2.75) is 46.1 Å². The molecule has 126 valence electrons. The number of rotatable bonds is 6. The van der Waals surface area contributed by atoms with E-state index in [0.717, 1.165) is 24.8 Å². The Morgan fingerprint density at radius 1 is 1.23 bits per heavy atom. The highest BCUT2D eigenvalue weighted by Crippen LogP contribution is 2.25. The highest BCUT2D eigenvalue weighted by Gasteiger charge is 2.20. The lowest BCUT2D eigenvalue weighted by Crippen LogP contribution is -2.41. The molecule has 4 nitrogen and oxygen atoms in total. The number of nitrogens with one attached hydrogen (secondary N) is 2. The fourth-order valence-electron chi connectivity index (χ4n) is 2.00. The smallest absolute Gasteiger partial charge is 0.191 e. The van der Waals surface area contributed by atoms with Crippen molar-refractivity contribution in [3.05, 3.63) is 29.8 Å². The molecule has 0 aliphatic heterocycles. The molecule has 2 N–H and O–H groups in total. The van der Waals surface area contributed by atoms with E-state index in [-0.39, 0.29) is 29.4 Å². The van der Waals surface area contributed by atoms with Crippen LogP contribution in [0.5, 0.6) is 5.75 Å². The second kappa shape index (κ2) is 9.92. The maximum Gasteiger partial charge on any atom is 0.191 e. The highest BCUT2D eigenvalue weighted by molar-refractivity contribution is 14.0. The Labute approximate surface area is 152 Å². The van der Waals surface area contributed by atoms with E-state index in [4.69, 9.17) is 9.73 Å². The quantitative estimate of drug-likeness (QED) is 0.421. The Balaban J connectivity index is 0.00000441. The van der Waals surface area contributed by atoms with E-state index in [1.165, 1.54) is 5.56 Å². The van der Waals surface area contributed by atoms with Gasteiger partial charge in [0.1, 0.15) is 5.75 Å². The van der Waals surface area contributed by atoms with Gasteiger partial charge in [-0.25, -0.2) is 0 Å². The van der Waals surface area contributed by atoms with Gasteiger partial charge in [0, 0.05) is 18.0 Å². The lowest BCUT2D eigenvalue weighted by atomic mass is 9.85. The third kappa shape index (κ3) is 6.85. The Morgan fingerprint density at radius 2 is 1.82 bits per heavy atom. The summed E-state index contributed by atoms with van der Waals surface area (Å²) in [5.41, 5.74) is 1.23. The molecule has 0 spiro atoms. The summed E-state index contributed by atoms with van der Waals surface area (Å²) in [5, 5.41) is 6.62. The summed E-state index contributed by atoms with van der Waals surface area (Å²) in [6, 6.07) is 8.58. The molecule has 0 fully saturated rings. The summed E-state index contributed by atoms with van der Waals surface area (Å²) in [6.07, 6.45) is 0. The second-order valence-corrected chi connectivity index (χ2v) is 6.11. The van der Waals surface area contributed by atoms with Crippen LogP contribution in [0.25, 0.3) is 0 Å². The van der Waals surface area contributed by atoms with E-state index in [9.17, 15) is 0 Å². The van der Waals surface area contributed by atoms with Crippen molar-refractivity contribution >= 4 is 29.9 Å². The van der Waals surface area contributed by atoms with Crippen molar-refractivity contribution in [1.29, 1.82) is 0 Å². The third-order valence-corrected chi connectivity index (χ3v) is 3.27. The minimum atomic E-state index is -0.0222. The van der Waals surface area contributed by atoms with Crippen molar-refractivity contribution in [2.75, 3.05) is 20.2 Å². The molecule has 1 aromatic rings. The van der Waals surface area contributed by atoms with Crippen molar-refractivity contribution in [1.82, 2.24) is 10.6 Å². The number of hydrogen-bond donors (Lipinski definition) is 2. The first kappa shape index (κ1) is 21.0. The molecule has 0 heterocycles. The average molecular weight is 419 g/mol. The number of aliphatic imine (C=N–C) groups is 1. The number of methoxy groups -OCH3 is 1. The van der Waals surface area contributed by atoms with E-state index in [1.807, 2.05) is 12.1 Å². The fraction of sp³-hybridized carbons (Fsp3) is 0.588. The summed E-state index contributed by atoms with van der Waals surface area (Å²) < 4.78 is 5.21. The predicted octanol–water partition coefficient (Wildman–Crippen LogP) is 3.55. The summed E-state index contributed by atoms with van der Waals surface area (Å²) in [5.74, 6) is 1.75. The van der Waals surface area contributed by atoms with Crippen LogP contribution in [0, 0.1) is 0 Å².